The fraction of sp³-hybridized carbons (Fsp3) is 0.150. The molecule has 1 N–H and O–H groups in total. The third-order valence-corrected chi connectivity index (χ3v) is 4.43. The van der Waals surface area contributed by atoms with Crippen LogP contribution in [0.25, 0.3) is 5.69 Å². The van der Waals surface area contributed by atoms with Crippen LogP contribution in [0.1, 0.15) is 23.5 Å². The lowest BCUT2D eigenvalue weighted by molar-refractivity contribution is -0.148. The van der Waals surface area contributed by atoms with Gasteiger partial charge in [0.25, 0.3) is 0 Å². The fourth-order valence-corrected chi connectivity index (χ4v) is 3.07. The lowest BCUT2D eigenvalue weighted by Gasteiger charge is -2.24. The number of fused-ring (bicyclic) bond motifs is 1. The molecule has 3 aromatic rings. The summed E-state index contributed by atoms with van der Waals surface area (Å²) in [6.45, 7) is 0.0901. The van der Waals surface area contributed by atoms with Crippen LogP contribution >= 0.6 is 0 Å². The van der Waals surface area contributed by atoms with Gasteiger partial charge in [-0.3, -0.25) is 9.59 Å². The van der Waals surface area contributed by atoms with Gasteiger partial charge in [-0.2, -0.15) is 5.10 Å². The van der Waals surface area contributed by atoms with Gasteiger partial charge in [0, 0.05) is 24.5 Å². The van der Waals surface area contributed by atoms with Gasteiger partial charge in [0.15, 0.2) is 0 Å². The molecule has 0 aliphatic carbocycles. The number of benzene rings is 2. The molecule has 136 valence electrons. The number of amides is 1. The first-order valence-electron chi connectivity index (χ1n) is 8.45. The van der Waals surface area contributed by atoms with Crippen LogP contribution in [-0.2, 0) is 20.9 Å². The van der Waals surface area contributed by atoms with Crippen molar-refractivity contribution in [1.82, 2.24) is 9.78 Å². The number of carbonyl (C=O) groups excluding carboxylic acids is 2. The number of rotatable bonds is 4. The van der Waals surface area contributed by atoms with Crippen LogP contribution in [0, 0.1) is 5.82 Å². The zero-order valence-electron chi connectivity index (χ0n) is 14.3. The normalized spacial score (nSPS) is 15.7. The van der Waals surface area contributed by atoms with Crippen molar-refractivity contribution in [2.45, 2.75) is 18.9 Å². The molecule has 2 heterocycles. The van der Waals surface area contributed by atoms with Crippen molar-refractivity contribution in [1.29, 1.82) is 0 Å². The Labute approximate surface area is 154 Å². The van der Waals surface area contributed by atoms with Crippen LogP contribution in [0.5, 0.6) is 0 Å². The van der Waals surface area contributed by atoms with Gasteiger partial charge < -0.3 is 10.1 Å². The lowest BCUT2D eigenvalue weighted by atomic mass is 9.90. The van der Waals surface area contributed by atoms with Crippen LogP contribution in [0.15, 0.2) is 60.9 Å². The predicted molar refractivity (Wildman–Crippen MR) is 95.7 cm³/mol. The summed E-state index contributed by atoms with van der Waals surface area (Å²) < 4.78 is 20.5. The SMILES string of the molecule is O=C1CC(C(=O)OCc2ccc(-n3cccn3)cc2)c2ccc(F)cc2N1. The fourth-order valence-electron chi connectivity index (χ4n) is 3.07. The van der Waals surface area contributed by atoms with Crippen molar-refractivity contribution in [2.24, 2.45) is 0 Å². The second-order valence-corrected chi connectivity index (χ2v) is 6.26. The average Bonchev–Trinajstić information content (AvgIpc) is 3.20. The minimum absolute atomic E-state index is 0.0182. The molecule has 6 nitrogen and oxygen atoms in total. The molecular weight excluding hydrogens is 349 g/mol. The van der Waals surface area contributed by atoms with Gasteiger partial charge in [-0.25, -0.2) is 9.07 Å². The van der Waals surface area contributed by atoms with Crippen LogP contribution in [0.4, 0.5) is 10.1 Å². The second kappa shape index (κ2) is 7.03. The molecule has 0 fully saturated rings. The first-order chi connectivity index (χ1) is 13.1. The number of carbonyl (C=O) groups is 2. The molecule has 1 amide bonds. The maximum Gasteiger partial charge on any atom is 0.314 e. The number of nitrogens with one attached hydrogen (secondary N) is 1. The summed E-state index contributed by atoms with van der Waals surface area (Å²) in [5.74, 6) is -2.05. The lowest BCUT2D eigenvalue weighted by Crippen LogP contribution is -2.28. The Morgan fingerprint density at radius 3 is 2.81 bits per heavy atom. The van der Waals surface area contributed by atoms with E-state index in [1.807, 2.05) is 36.5 Å². The molecule has 2 aromatic carbocycles. The number of halogens is 1. The zero-order valence-corrected chi connectivity index (χ0v) is 14.3. The predicted octanol–water partition coefficient (Wildman–Crippen LogP) is 3.18. The van der Waals surface area contributed by atoms with Gasteiger partial charge in [0.2, 0.25) is 5.91 Å². The summed E-state index contributed by atoms with van der Waals surface area (Å²) in [7, 11) is 0. The molecule has 1 atom stereocenters. The van der Waals surface area contributed by atoms with Gasteiger partial charge in [0.05, 0.1) is 11.6 Å². The number of aromatic nitrogens is 2. The summed E-state index contributed by atoms with van der Waals surface area (Å²) in [5, 5.41) is 6.74. The third kappa shape index (κ3) is 3.57. The van der Waals surface area contributed by atoms with E-state index in [2.05, 4.69) is 10.4 Å². The quantitative estimate of drug-likeness (QED) is 0.721. The summed E-state index contributed by atoms with van der Waals surface area (Å²) in [6.07, 6.45) is 3.51. The number of anilines is 1. The molecule has 0 bridgehead atoms. The van der Waals surface area contributed by atoms with Gasteiger partial charge >= 0.3 is 5.97 Å². The van der Waals surface area contributed by atoms with Crippen molar-refractivity contribution in [3.63, 3.8) is 0 Å². The van der Waals surface area contributed by atoms with Crippen molar-refractivity contribution in [3.8, 4) is 5.69 Å². The van der Waals surface area contributed by atoms with E-state index in [1.165, 1.54) is 18.2 Å². The first kappa shape index (κ1) is 17.0. The molecule has 1 aliphatic rings. The number of ether oxygens (including phenoxy) is 1. The van der Waals surface area contributed by atoms with E-state index in [1.54, 1.807) is 10.9 Å². The van der Waals surface area contributed by atoms with E-state index in [9.17, 15) is 14.0 Å². The van der Waals surface area contributed by atoms with E-state index >= 15 is 0 Å². The Balaban J connectivity index is 1.45. The molecule has 0 radical (unpaired) electrons. The smallest absolute Gasteiger partial charge is 0.314 e. The van der Waals surface area contributed by atoms with Gasteiger partial charge in [0.1, 0.15) is 12.4 Å². The molecule has 0 saturated heterocycles. The van der Waals surface area contributed by atoms with Crippen LogP contribution in [-0.4, -0.2) is 21.7 Å². The Morgan fingerprint density at radius 1 is 1.26 bits per heavy atom. The van der Waals surface area contributed by atoms with Crippen molar-refractivity contribution >= 4 is 17.6 Å². The minimum Gasteiger partial charge on any atom is -0.460 e. The number of nitrogens with zero attached hydrogens (tertiary/aromatic N) is 2. The molecule has 1 aliphatic heterocycles. The standard InChI is InChI=1S/C20H16FN3O3/c21-14-4-7-16-17(11-19(25)23-18(16)10-14)20(26)27-12-13-2-5-15(6-3-13)24-9-1-8-22-24/h1-10,17H,11-12H2,(H,23,25). The summed E-state index contributed by atoms with van der Waals surface area (Å²) >= 11 is 0. The molecule has 1 unspecified atom stereocenters. The van der Waals surface area contributed by atoms with E-state index in [-0.39, 0.29) is 18.9 Å². The highest BCUT2D eigenvalue weighted by Gasteiger charge is 2.32. The number of hydrogen-bond donors (Lipinski definition) is 1. The van der Waals surface area contributed by atoms with Gasteiger partial charge in [-0.1, -0.05) is 18.2 Å². The van der Waals surface area contributed by atoms with Crippen molar-refractivity contribution < 1.29 is 18.7 Å². The Kier molecular flexibility index (Phi) is 4.42. The Hall–Kier alpha value is -3.48. The van der Waals surface area contributed by atoms with E-state index in [0.29, 0.717) is 11.3 Å². The monoisotopic (exact) mass is 365 g/mol. The zero-order chi connectivity index (χ0) is 18.8. The molecule has 7 heteroatoms. The Bertz CT molecular complexity index is 984. The maximum absolute atomic E-state index is 13.4. The molecule has 1 aromatic heterocycles. The third-order valence-electron chi connectivity index (χ3n) is 4.43. The van der Waals surface area contributed by atoms with Crippen molar-refractivity contribution in [3.05, 3.63) is 77.9 Å². The molecule has 27 heavy (non-hydrogen) atoms. The maximum atomic E-state index is 13.4. The number of esters is 1. The molecule has 4 rings (SSSR count). The van der Waals surface area contributed by atoms with E-state index < -0.39 is 17.7 Å². The Morgan fingerprint density at radius 2 is 2.07 bits per heavy atom. The van der Waals surface area contributed by atoms with Gasteiger partial charge in [-0.05, 0) is 41.5 Å². The largest absolute Gasteiger partial charge is 0.460 e. The highest BCUT2D eigenvalue weighted by atomic mass is 19.1. The minimum atomic E-state index is -0.738. The van der Waals surface area contributed by atoms with E-state index in [0.717, 1.165) is 11.3 Å². The molecular formula is C20H16FN3O3. The molecule has 0 spiro atoms. The average molecular weight is 365 g/mol. The van der Waals surface area contributed by atoms with Crippen LogP contribution in [0.3, 0.4) is 0 Å². The van der Waals surface area contributed by atoms with E-state index in [4.69, 9.17) is 4.74 Å². The molecule has 0 saturated carbocycles. The van der Waals surface area contributed by atoms with Crippen LogP contribution in [0.2, 0.25) is 0 Å². The first-order valence-corrected chi connectivity index (χ1v) is 8.45. The second-order valence-electron chi connectivity index (χ2n) is 6.26. The topological polar surface area (TPSA) is 73.2 Å². The summed E-state index contributed by atoms with van der Waals surface area (Å²) in [6, 6.07) is 13.3. The highest BCUT2D eigenvalue weighted by molar-refractivity contribution is 5.99. The number of hydrogen-bond acceptors (Lipinski definition) is 4. The van der Waals surface area contributed by atoms with Gasteiger partial charge in [-0.15, -0.1) is 0 Å². The summed E-state index contributed by atoms with van der Waals surface area (Å²) in [4.78, 5) is 24.3. The van der Waals surface area contributed by atoms with Crippen molar-refractivity contribution in [2.75, 3.05) is 5.32 Å². The van der Waals surface area contributed by atoms with Crippen LogP contribution < -0.4 is 5.32 Å². The summed E-state index contributed by atoms with van der Waals surface area (Å²) in [5.41, 5.74) is 2.60. The highest BCUT2D eigenvalue weighted by Crippen LogP contribution is 2.33.